The molecule has 1 saturated carbocycles. The molecule has 1 saturated heterocycles. The van der Waals surface area contributed by atoms with Crippen LogP contribution in [-0.2, 0) is 22.7 Å². The Morgan fingerprint density at radius 1 is 1.14 bits per heavy atom. The normalized spacial score (nSPS) is 23.8. The van der Waals surface area contributed by atoms with Crippen LogP contribution < -0.4 is 16.4 Å². The van der Waals surface area contributed by atoms with Gasteiger partial charge in [0.2, 0.25) is 11.8 Å². The van der Waals surface area contributed by atoms with Gasteiger partial charge in [-0.25, -0.2) is 0 Å². The fourth-order valence-corrected chi connectivity index (χ4v) is 5.04. The second-order valence-electron chi connectivity index (χ2n) is 8.46. The molecule has 7 nitrogen and oxygen atoms in total. The molecule has 0 spiro atoms. The third kappa shape index (κ3) is 4.07. The Morgan fingerprint density at radius 2 is 1.93 bits per heavy atom. The second kappa shape index (κ2) is 8.63. The minimum absolute atomic E-state index is 0.126. The average molecular weight is 399 g/mol. The van der Waals surface area contributed by atoms with Crippen molar-refractivity contribution in [1.82, 2.24) is 15.5 Å². The lowest BCUT2D eigenvalue weighted by atomic mass is 9.84. The summed E-state index contributed by atoms with van der Waals surface area (Å²) in [7, 11) is 0. The van der Waals surface area contributed by atoms with Gasteiger partial charge in [0.25, 0.3) is 5.91 Å². The van der Waals surface area contributed by atoms with E-state index >= 15 is 0 Å². The summed E-state index contributed by atoms with van der Waals surface area (Å²) >= 11 is 0. The molecule has 29 heavy (non-hydrogen) atoms. The fraction of sp³-hybridized carbons (Fsp3) is 0.591. The fourth-order valence-electron chi connectivity index (χ4n) is 5.04. The van der Waals surface area contributed by atoms with Crippen molar-refractivity contribution >= 4 is 17.7 Å². The maximum atomic E-state index is 12.9. The number of carbonyl (C=O) groups is 3. The number of benzene rings is 1. The number of nitrogens with zero attached hydrogens (tertiary/aromatic N) is 1. The molecule has 1 aromatic rings. The second-order valence-corrected chi connectivity index (χ2v) is 8.46. The molecule has 156 valence electrons. The summed E-state index contributed by atoms with van der Waals surface area (Å²) in [5.74, 6) is -0.149. The molecule has 2 heterocycles. The molecular formula is C22H30N4O3. The van der Waals surface area contributed by atoms with E-state index in [0.29, 0.717) is 37.5 Å². The van der Waals surface area contributed by atoms with E-state index in [0.717, 1.165) is 11.1 Å². The Labute approximate surface area is 171 Å². The predicted octanol–water partition coefficient (Wildman–Crippen LogP) is 1.44. The predicted molar refractivity (Wildman–Crippen MR) is 109 cm³/mol. The van der Waals surface area contributed by atoms with Gasteiger partial charge in [0.1, 0.15) is 6.04 Å². The molecule has 0 bridgehead atoms. The van der Waals surface area contributed by atoms with Gasteiger partial charge in [0.05, 0.1) is 0 Å². The zero-order valence-electron chi connectivity index (χ0n) is 16.8. The summed E-state index contributed by atoms with van der Waals surface area (Å²) in [5, 5.41) is 5.98. The van der Waals surface area contributed by atoms with Gasteiger partial charge in [-0.1, -0.05) is 31.4 Å². The maximum Gasteiger partial charge on any atom is 0.255 e. The van der Waals surface area contributed by atoms with Crippen LogP contribution in [0.3, 0.4) is 0 Å². The Bertz CT molecular complexity index is 803. The van der Waals surface area contributed by atoms with Crippen molar-refractivity contribution in [2.45, 2.75) is 70.1 Å². The van der Waals surface area contributed by atoms with Gasteiger partial charge >= 0.3 is 0 Å². The summed E-state index contributed by atoms with van der Waals surface area (Å²) in [4.78, 5) is 38.2. The van der Waals surface area contributed by atoms with E-state index in [1.54, 1.807) is 4.90 Å². The first-order valence-electron chi connectivity index (χ1n) is 10.8. The molecule has 0 radical (unpaired) electrons. The number of fused-ring (bicyclic) bond motifs is 1. The highest BCUT2D eigenvalue weighted by molar-refractivity contribution is 6.05. The van der Waals surface area contributed by atoms with Crippen molar-refractivity contribution in [1.29, 1.82) is 0 Å². The van der Waals surface area contributed by atoms with Crippen LogP contribution in [-0.4, -0.2) is 41.2 Å². The highest BCUT2D eigenvalue weighted by Crippen LogP contribution is 2.30. The summed E-state index contributed by atoms with van der Waals surface area (Å²) in [6.45, 7) is 1.69. The number of piperidine rings is 1. The van der Waals surface area contributed by atoms with Gasteiger partial charge in [-0.2, -0.15) is 0 Å². The number of carbonyl (C=O) groups excluding carboxylic acids is 3. The summed E-state index contributed by atoms with van der Waals surface area (Å²) in [6.07, 6.45) is 6.97. The van der Waals surface area contributed by atoms with Gasteiger partial charge < -0.3 is 16.0 Å². The van der Waals surface area contributed by atoms with Crippen molar-refractivity contribution < 1.29 is 14.4 Å². The van der Waals surface area contributed by atoms with Gasteiger partial charge in [-0.3, -0.25) is 19.7 Å². The smallest absolute Gasteiger partial charge is 0.255 e. The Balaban J connectivity index is 1.46. The number of hydrogen-bond acceptors (Lipinski definition) is 5. The quantitative estimate of drug-likeness (QED) is 0.629. The lowest BCUT2D eigenvalue weighted by Gasteiger charge is -2.30. The largest absolute Gasteiger partial charge is 0.329 e. The van der Waals surface area contributed by atoms with E-state index in [4.69, 9.17) is 5.73 Å². The number of rotatable bonds is 6. The van der Waals surface area contributed by atoms with Crippen LogP contribution >= 0.6 is 0 Å². The zero-order chi connectivity index (χ0) is 20.4. The minimum Gasteiger partial charge on any atom is -0.329 e. The number of nitrogens with one attached hydrogen (secondary N) is 2. The number of nitrogens with two attached hydrogens (primary N) is 1. The molecule has 2 atom stereocenters. The third-order valence-corrected chi connectivity index (χ3v) is 6.71. The molecule has 2 fully saturated rings. The molecule has 3 amide bonds. The molecule has 2 unspecified atom stereocenters. The zero-order valence-corrected chi connectivity index (χ0v) is 16.8. The van der Waals surface area contributed by atoms with E-state index < -0.39 is 6.04 Å². The molecule has 0 aromatic heterocycles. The summed E-state index contributed by atoms with van der Waals surface area (Å²) in [6, 6.07) is 5.48. The van der Waals surface area contributed by atoms with E-state index in [9.17, 15) is 14.4 Å². The SMILES string of the molecule is NCC(NCc1cccc2c1CN(C1CCC(=O)NC1=O)C2=O)C1CCCCC1. The first-order valence-corrected chi connectivity index (χ1v) is 10.8. The third-order valence-electron chi connectivity index (χ3n) is 6.71. The Hall–Kier alpha value is -2.25. The van der Waals surface area contributed by atoms with Crippen LogP contribution in [0.4, 0.5) is 0 Å². The number of imide groups is 1. The maximum absolute atomic E-state index is 12.9. The van der Waals surface area contributed by atoms with Crippen molar-refractivity contribution in [3.05, 3.63) is 34.9 Å². The monoisotopic (exact) mass is 398 g/mol. The highest BCUT2D eigenvalue weighted by atomic mass is 16.2. The molecule has 3 aliphatic rings. The van der Waals surface area contributed by atoms with Crippen LogP contribution in [0, 0.1) is 5.92 Å². The standard InChI is InChI=1S/C22H30N4O3/c23-11-18(14-5-2-1-3-6-14)24-12-15-7-4-8-16-17(15)13-26(22(16)29)19-9-10-20(27)25-21(19)28/h4,7-8,14,18-19,24H,1-3,5-6,9-13,23H2,(H,25,27,28). The molecule has 1 aromatic carbocycles. The number of amides is 3. The summed E-state index contributed by atoms with van der Waals surface area (Å²) < 4.78 is 0. The molecule has 7 heteroatoms. The van der Waals surface area contributed by atoms with E-state index in [1.807, 2.05) is 18.2 Å². The minimum atomic E-state index is -0.576. The molecule has 4 rings (SSSR count). The molecule has 1 aliphatic carbocycles. The first-order chi connectivity index (χ1) is 14.1. The van der Waals surface area contributed by atoms with E-state index in [-0.39, 0.29) is 30.2 Å². The lowest BCUT2D eigenvalue weighted by Crippen LogP contribution is -2.52. The molecule has 2 aliphatic heterocycles. The molecular weight excluding hydrogens is 368 g/mol. The molecule has 4 N–H and O–H groups in total. The van der Waals surface area contributed by atoms with Crippen LogP contribution in [0.1, 0.15) is 66.4 Å². The van der Waals surface area contributed by atoms with Gasteiger partial charge in [-0.15, -0.1) is 0 Å². The number of hydrogen-bond donors (Lipinski definition) is 3. The van der Waals surface area contributed by atoms with Crippen LogP contribution in [0.5, 0.6) is 0 Å². The van der Waals surface area contributed by atoms with Crippen molar-refractivity contribution in [3.63, 3.8) is 0 Å². The Kier molecular flexibility index (Phi) is 5.96. The van der Waals surface area contributed by atoms with Gasteiger partial charge in [0.15, 0.2) is 0 Å². The topological polar surface area (TPSA) is 105 Å². The van der Waals surface area contributed by atoms with Crippen LogP contribution in [0.15, 0.2) is 18.2 Å². The average Bonchev–Trinajstić information content (AvgIpc) is 3.06. The highest BCUT2D eigenvalue weighted by Gasteiger charge is 2.39. The van der Waals surface area contributed by atoms with E-state index in [1.165, 1.54) is 32.1 Å². The van der Waals surface area contributed by atoms with Crippen LogP contribution in [0.2, 0.25) is 0 Å². The summed E-state index contributed by atoms with van der Waals surface area (Å²) in [5.41, 5.74) is 8.78. The van der Waals surface area contributed by atoms with E-state index in [2.05, 4.69) is 10.6 Å². The van der Waals surface area contributed by atoms with Gasteiger partial charge in [-0.05, 0) is 42.4 Å². The van der Waals surface area contributed by atoms with Crippen molar-refractivity contribution in [3.8, 4) is 0 Å². The lowest BCUT2D eigenvalue weighted by molar-refractivity contribution is -0.136. The first kappa shape index (κ1) is 20.0. The van der Waals surface area contributed by atoms with Crippen molar-refractivity contribution in [2.24, 2.45) is 11.7 Å². The Morgan fingerprint density at radius 3 is 2.66 bits per heavy atom. The van der Waals surface area contributed by atoms with Gasteiger partial charge in [0, 0.05) is 37.7 Å². The van der Waals surface area contributed by atoms with Crippen molar-refractivity contribution in [2.75, 3.05) is 6.54 Å². The van der Waals surface area contributed by atoms with Crippen LogP contribution in [0.25, 0.3) is 0 Å².